The topological polar surface area (TPSA) is 334 Å². The number of hydrogen-bond donors (Lipinski definition) is 11. The molecule has 476 valence electrons. The lowest BCUT2D eigenvalue weighted by atomic mass is 9.72. The Balaban J connectivity index is 1.24. The van der Waals surface area contributed by atoms with Crippen molar-refractivity contribution in [3.8, 4) is 0 Å². The fourth-order valence-corrected chi connectivity index (χ4v) is 15.4. The molecule has 22 nitrogen and oxygen atoms in total. The van der Waals surface area contributed by atoms with Crippen LogP contribution in [0.2, 0.25) is 0 Å². The van der Waals surface area contributed by atoms with Gasteiger partial charge in [0.1, 0.15) is 48.3 Å². The number of nitrogens with one attached hydrogen (secondary N) is 9. The Kier molecular flexibility index (Phi) is 23.2. The highest BCUT2D eigenvalue weighted by Crippen LogP contribution is 2.68. The molecule has 0 aromatic heterocycles. The largest absolute Gasteiger partial charge is 0.343 e. The lowest BCUT2D eigenvalue weighted by molar-refractivity contribution is -0.143. The maximum Gasteiger partial charge on any atom is 0.276 e. The van der Waals surface area contributed by atoms with E-state index >= 15 is 0 Å². The zero-order valence-electron chi connectivity index (χ0n) is 52.1. The number of benzene rings is 1. The van der Waals surface area contributed by atoms with Crippen molar-refractivity contribution in [1.82, 2.24) is 53.0 Å². The molecule has 24 heteroatoms. The summed E-state index contributed by atoms with van der Waals surface area (Å²) in [5.41, 5.74) is 21.8. The van der Waals surface area contributed by atoms with E-state index in [0.29, 0.717) is 34.6 Å². The number of carbonyl (C=O) groups excluding carboxylic acids is 10. The normalized spacial score (nSPS) is 29.4. The van der Waals surface area contributed by atoms with Crippen molar-refractivity contribution in [3.05, 3.63) is 80.2 Å². The molecule has 10 atom stereocenters. The Morgan fingerprint density at radius 2 is 0.989 bits per heavy atom. The molecular formula is C63H92N12O10S2. The molecule has 0 radical (unpaired) electrons. The van der Waals surface area contributed by atoms with Crippen LogP contribution in [0.4, 0.5) is 0 Å². The molecule has 4 bridgehead atoms. The molecule has 4 aliphatic heterocycles. The highest BCUT2D eigenvalue weighted by Gasteiger charge is 2.60. The van der Waals surface area contributed by atoms with Crippen molar-refractivity contribution in [3.63, 3.8) is 0 Å². The number of carbonyl (C=O) groups is 10. The summed E-state index contributed by atoms with van der Waals surface area (Å²) < 4.78 is -1.56. The van der Waals surface area contributed by atoms with Crippen LogP contribution in [0.5, 0.6) is 0 Å². The van der Waals surface area contributed by atoms with Crippen molar-refractivity contribution < 1.29 is 47.9 Å². The molecule has 4 heterocycles. The summed E-state index contributed by atoms with van der Waals surface area (Å²) >= 11 is 2.68. The zero-order valence-corrected chi connectivity index (χ0v) is 53.7. The molecule has 7 rings (SSSR count). The third kappa shape index (κ3) is 15.9. The molecule has 1 aromatic carbocycles. The van der Waals surface area contributed by atoms with Gasteiger partial charge in [-0.1, -0.05) is 85.7 Å². The van der Waals surface area contributed by atoms with Gasteiger partial charge in [0.25, 0.3) is 17.7 Å². The van der Waals surface area contributed by atoms with Gasteiger partial charge in [0, 0.05) is 13.0 Å². The number of thioether (sulfide) groups is 2. The monoisotopic (exact) mass is 1240 g/mol. The molecule has 0 spiro atoms. The van der Waals surface area contributed by atoms with Gasteiger partial charge >= 0.3 is 0 Å². The molecule has 1 aromatic rings. The first-order valence-electron chi connectivity index (χ1n) is 31.0. The minimum absolute atomic E-state index is 0.0243. The van der Waals surface area contributed by atoms with Crippen LogP contribution in [0.25, 0.3) is 0 Å². The average Bonchev–Trinajstić information content (AvgIpc) is 1.55. The van der Waals surface area contributed by atoms with Crippen LogP contribution in [-0.4, -0.2) is 141 Å². The number of fused-ring (bicyclic) bond motifs is 4. The van der Waals surface area contributed by atoms with Gasteiger partial charge in [0.05, 0.1) is 19.3 Å². The molecule has 6 aliphatic rings. The number of allylic oxidation sites excluding steroid dienone is 4. The van der Waals surface area contributed by atoms with Crippen LogP contribution in [0.15, 0.2) is 74.6 Å². The van der Waals surface area contributed by atoms with E-state index in [1.54, 1.807) is 39.8 Å². The smallest absolute Gasteiger partial charge is 0.276 e. The Morgan fingerprint density at radius 1 is 0.529 bits per heavy atom. The lowest BCUT2D eigenvalue weighted by Gasteiger charge is -2.47. The van der Waals surface area contributed by atoms with Gasteiger partial charge in [-0.3, -0.25) is 58.8 Å². The van der Waals surface area contributed by atoms with Gasteiger partial charge in [-0.25, -0.2) is 0 Å². The summed E-state index contributed by atoms with van der Waals surface area (Å²) in [5, 5.41) is 20.1. The number of nitrogens with two attached hydrogens (primary N) is 2. The second-order valence-electron chi connectivity index (χ2n) is 25.6. The number of nitrogens with zero attached hydrogens (tertiary/aromatic N) is 1. The Bertz CT molecular complexity index is 2950. The van der Waals surface area contributed by atoms with E-state index in [1.807, 2.05) is 65.0 Å². The van der Waals surface area contributed by atoms with Crippen molar-refractivity contribution in [2.75, 3.05) is 19.6 Å². The molecule has 1 saturated carbocycles. The van der Waals surface area contributed by atoms with Crippen LogP contribution in [-0.2, 0) is 54.4 Å². The third-order valence-corrected chi connectivity index (χ3v) is 20.5. The second-order valence-corrected chi connectivity index (χ2v) is 28.5. The predicted octanol–water partition coefficient (Wildman–Crippen LogP) is 3.23. The fourth-order valence-electron chi connectivity index (χ4n) is 12.4. The second kappa shape index (κ2) is 29.7. The Morgan fingerprint density at radius 3 is 1.48 bits per heavy atom. The van der Waals surface area contributed by atoms with E-state index in [-0.39, 0.29) is 70.0 Å². The van der Waals surface area contributed by atoms with E-state index in [0.717, 1.165) is 41.6 Å². The zero-order chi connectivity index (χ0) is 63.7. The highest BCUT2D eigenvalue weighted by atomic mass is 32.2. The van der Waals surface area contributed by atoms with Crippen molar-refractivity contribution in [2.24, 2.45) is 35.1 Å². The standard InChI is InChI=1S/C63H92N12O10S2/c1-33(2)28-44-54(78)70-46(30-37-18-12-11-13-19-37)61(85)75-27-17-24-47(75)56(80)71-50(35(5)6)59(83)66-43(23-16-26-65)53(77)69-45(29-34(3)4)55(79)73-74-58(82)49-32-41-39-21-14-20-38(39)40-31-48(86-62(40,9)63(41,10)87-49)57(81)72-51(36(7)8)60(84)67-42(22-15-25-64)52(76)68-44/h11-13,18-19,31-36,42-47,50-51H,14-17,20-30,64-65H2,1-10H3,(H,66,83)(H,67,84)(H,68,76)(H,69,77)(H,70,78)(H,71,80)(H,72,81)(H,73,79)(H,74,82)/t42-,43-,44+,45+,46-,47+,50+,51+,62?,63?/m1/s1. The van der Waals surface area contributed by atoms with Gasteiger partial charge < -0.3 is 53.6 Å². The molecular weight excluding hydrogens is 1150 g/mol. The number of hydrogen-bond acceptors (Lipinski definition) is 14. The summed E-state index contributed by atoms with van der Waals surface area (Å²) in [6.45, 7) is 19.2. The van der Waals surface area contributed by atoms with Gasteiger partial charge in [0.2, 0.25) is 41.4 Å². The molecule has 3 fully saturated rings. The van der Waals surface area contributed by atoms with Crippen LogP contribution in [0.3, 0.4) is 0 Å². The fraction of sp³-hybridized carbons (Fsp3) is 0.619. The first kappa shape index (κ1) is 68.0. The highest BCUT2D eigenvalue weighted by molar-refractivity contribution is 8.10. The Hall–Kier alpha value is -6.50. The van der Waals surface area contributed by atoms with Crippen molar-refractivity contribution in [2.45, 2.75) is 204 Å². The maximum absolute atomic E-state index is 15.0. The molecule has 13 N–H and O–H groups in total. The number of rotatable bonds is 14. The van der Waals surface area contributed by atoms with Gasteiger partial charge in [-0.05, 0) is 161 Å². The van der Waals surface area contributed by atoms with Gasteiger partial charge in [0.15, 0.2) is 0 Å². The van der Waals surface area contributed by atoms with E-state index in [4.69, 9.17) is 11.5 Å². The average molecular weight is 1240 g/mol. The van der Waals surface area contributed by atoms with Crippen LogP contribution < -0.4 is 59.5 Å². The van der Waals surface area contributed by atoms with Crippen LogP contribution >= 0.6 is 23.5 Å². The summed E-state index contributed by atoms with van der Waals surface area (Å²) in [6, 6.07) is -0.284. The molecule has 2 aliphatic carbocycles. The van der Waals surface area contributed by atoms with E-state index in [2.05, 4.69) is 55.0 Å². The minimum atomic E-state index is -1.22. The summed E-state index contributed by atoms with van der Waals surface area (Å²) in [7, 11) is 0. The molecule has 2 unspecified atom stereocenters. The quantitative estimate of drug-likeness (QED) is 0.128. The minimum Gasteiger partial charge on any atom is -0.343 e. The maximum atomic E-state index is 15.0. The van der Waals surface area contributed by atoms with Crippen LogP contribution in [0.1, 0.15) is 145 Å². The van der Waals surface area contributed by atoms with Gasteiger partial charge in [-0.15, -0.1) is 23.5 Å². The molecule has 87 heavy (non-hydrogen) atoms. The van der Waals surface area contributed by atoms with Crippen LogP contribution in [0, 0.1) is 23.7 Å². The van der Waals surface area contributed by atoms with E-state index < -0.39 is 129 Å². The number of hydrazine groups is 1. The summed E-state index contributed by atoms with van der Waals surface area (Å²) in [5.74, 6) is -7.50. The third-order valence-electron chi connectivity index (χ3n) is 17.3. The SMILES string of the molecule is CC(C)C[C@@H]1NC(=O)[C@@H](CCCN)NC(=O)[C@H](C(C)C)NC(=O)C2=CC3=C4CCCC4=C4C=C(SC4(C)C3(C)S2)C(=O)NNC(=O)[C@H](CC(C)C)NC(=O)[C@@H](CCCN)NC(=O)[C@H](C(C)C)NC(=O)[C@@H]2CCCN2C(=O)[C@@H](Cc2ccccc2)NC1=O. The van der Waals surface area contributed by atoms with Gasteiger partial charge in [-0.2, -0.15) is 0 Å². The first-order chi connectivity index (χ1) is 41.2. The van der Waals surface area contributed by atoms with Crippen molar-refractivity contribution >= 4 is 82.6 Å². The number of amides is 10. The molecule has 10 amide bonds. The molecule has 2 saturated heterocycles. The van der Waals surface area contributed by atoms with E-state index in [1.165, 1.54) is 28.4 Å². The van der Waals surface area contributed by atoms with Crippen molar-refractivity contribution in [1.29, 1.82) is 0 Å². The summed E-state index contributed by atoms with van der Waals surface area (Å²) in [4.78, 5) is 147. The summed E-state index contributed by atoms with van der Waals surface area (Å²) in [6.07, 6.45) is 7.94. The predicted molar refractivity (Wildman–Crippen MR) is 336 cm³/mol. The Labute approximate surface area is 520 Å². The van der Waals surface area contributed by atoms with E-state index in [9.17, 15) is 47.9 Å². The lowest BCUT2D eigenvalue weighted by Crippen LogP contribution is -2.61. The first-order valence-corrected chi connectivity index (χ1v) is 32.6.